The van der Waals surface area contributed by atoms with Crippen LogP contribution in [0.2, 0.25) is 0 Å². The molecule has 0 fully saturated rings. The second-order valence-corrected chi connectivity index (χ2v) is 13.2. The van der Waals surface area contributed by atoms with E-state index in [4.69, 9.17) is 0 Å². The van der Waals surface area contributed by atoms with Crippen molar-refractivity contribution in [1.29, 1.82) is 0 Å². The number of nitrogens with zero attached hydrogens (tertiary/aromatic N) is 1. The fourth-order valence-electron chi connectivity index (χ4n) is 6.89. The molecule has 0 aliphatic rings. The lowest BCUT2D eigenvalue weighted by molar-refractivity contribution is 1.28. The van der Waals surface area contributed by atoms with E-state index in [9.17, 15) is 0 Å². The maximum absolute atomic E-state index is 2.37. The highest BCUT2D eigenvalue weighted by Gasteiger charge is 2.17. The molecule has 9 rings (SSSR count). The van der Waals surface area contributed by atoms with Crippen LogP contribution in [-0.2, 0) is 0 Å². The van der Waals surface area contributed by atoms with E-state index in [1.165, 1.54) is 64.3 Å². The first-order valence-electron chi connectivity index (χ1n) is 16.3. The Balaban J connectivity index is 1.12. The predicted octanol–water partition coefficient (Wildman–Crippen LogP) is 13.7. The van der Waals surface area contributed by atoms with Crippen molar-refractivity contribution in [2.45, 2.75) is 0 Å². The highest BCUT2D eigenvalue weighted by Crippen LogP contribution is 2.43. The Bertz CT molecular complexity index is 2530. The number of para-hydroxylation sites is 1. The summed E-state index contributed by atoms with van der Waals surface area (Å²) in [4.78, 5) is 2.37. The van der Waals surface area contributed by atoms with Gasteiger partial charge in [0, 0.05) is 37.1 Å². The monoisotopic (exact) mass is 629 g/mol. The average molecular weight is 630 g/mol. The van der Waals surface area contributed by atoms with Gasteiger partial charge in [-0.1, -0.05) is 146 Å². The first-order chi connectivity index (χ1) is 23.8. The molecule has 0 unspecified atom stereocenters. The SMILES string of the molecule is c1ccc(-c2ccc(N(c3ccc(-c4ccc5c(ccc6c7ccccc7sc56)c4)cc3)c3ccccc3-c3ccccc3)cc2)cc1. The number of thiophene rings is 1. The number of benzene rings is 8. The molecule has 48 heavy (non-hydrogen) atoms. The van der Waals surface area contributed by atoms with E-state index in [1.807, 2.05) is 11.3 Å². The second kappa shape index (κ2) is 12.0. The summed E-state index contributed by atoms with van der Waals surface area (Å²) < 4.78 is 2.70. The standard InChI is InChI=1S/C46H31NS/c1-3-11-32(12-4-1)33-19-25-38(26-20-33)47(44-17-9-7-15-40(44)35-13-5-2-6-14-35)39-27-21-34(22-28-39)36-23-29-41-37(31-36)24-30-43-42-16-8-10-18-45(42)48-46(41)43/h1-31H. The maximum atomic E-state index is 2.37. The van der Waals surface area contributed by atoms with Crippen LogP contribution in [0.1, 0.15) is 0 Å². The minimum atomic E-state index is 1.11. The number of fused-ring (bicyclic) bond motifs is 5. The van der Waals surface area contributed by atoms with Crippen molar-refractivity contribution in [1.82, 2.24) is 0 Å². The third kappa shape index (κ3) is 5.04. The molecule has 0 amide bonds. The van der Waals surface area contributed by atoms with Crippen LogP contribution in [0.5, 0.6) is 0 Å². The van der Waals surface area contributed by atoms with Gasteiger partial charge in [-0.25, -0.2) is 0 Å². The maximum Gasteiger partial charge on any atom is 0.0540 e. The normalized spacial score (nSPS) is 11.3. The molecule has 0 saturated heterocycles. The lowest BCUT2D eigenvalue weighted by Gasteiger charge is -2.28. The van der Waals surface area contributed by atoms with Crippen LogP contribution in [0.3, 0.4) is 0 Å². The van der Waals surface area contributed by atoms with Gasteiger partial charge in [-0.05, 0) is 81.1 Å². The molecule has 1 aromatic heterocycles. The number of hydrogen-bond acceptors (Lipinski definition) is 2. The van der Waals surface area contributed by atoms with Gasteiger partial charge < -0.3 is 4.90 Å². The summed E-state index contributed by atoms with van der Waals surface area (Å²) >= 11 is 1.89. The summed E-state index contributed by atoms with van der Waals surface area (Å²) in [6.07, 6.45) is 0. The summed E-state index contributed by atoms with van der Waals surface area (Å²) in [6, 6.07) is 68.0. The number of rotatable bonds is 6. The van der Waals surface area contributed by atoms with Crippen LogP contribution in [0.25, 0.3) is 64.3 Å². The molecule has 9 aromatic rings. The molecule has 0 bridgehead atoms. The minimum absolute atomic E-state index is 1.11. The summed E-state index contributed by atoms with van der Waals surface area (Å²) in [5, 5.41) is 5.27. The molecule has 0 aliphatic carbocycles. The Morgan fingerprint density at radius 3 is 1.62 bits per heavy atom. The van der Waals surface area contributed by atoms with Gasteiger partial charge in [0.25, 0.3) is 0 Å². The Hall–Kier alpha value is -5.96. The van der Waals surface area contributed by atoms with Crippen LogP contribution in [-0.4, -0.2) is 0 Å². The van der Waals surface area contributed by atoms with E-state index in [0.717, 1.165) is 17.1 Å². The lowest BCUT2D eigenvalue weighted by atomic mass is 9.98. The summed E-state index contributed by atoms with van der Waals surface area (Å²) in [5.41, 5.74) is 10.6. The molecule has 0 spiro atoms. The van der Waals surface area contributed by atoms with E-state index >= 15 is 0 Å². The van der Waals surface area contributed by atoms with E-state index < -0.39 is 0 Å². The van der Waals surface area contributed by atoms with Crippen molar-refractivity contribution in [3.8, 4) is 33.4 Å². The van der Waals surface area contributed by atoms with Gasteiger partial charge in [0.15, 0.2) is 0 Å². The molecule has 0 radical (unpaired) electrons. The van der Waals surface area contributed by atoms with Gasteiger partial charge in [0.05, 0.1) is 5.69 Å². The minimum Gasteiger partial charge on any atom is -0.310 e. The zero-order valence-corrected chi connectivity index (χ0v) is 27.1. The van der Waals surface area contributed by atoms with E-state index in [2.05, 4.69) is 193 Å². The highest BCUT2D eigenvalue weighted by molar-refractivity contribution is 7.26. The second-order valence-electron chi connectivity index (χ2n) is 12.2. The van der Waals surface area contributed by atoms with Crippen molar-refractivity contribution in [3.63, 3.8) is 0 Å². The Labute approximate surface area is 284 Å². The Kier molecular flexibility index (Phi) is 7.07. The Morgan fingerprint density at radius 2 is 0.896 bits per heavy atom. The first kappa shape index (κ1) is 28.3. The smallest absolute Gasteiger partial charge is 0.0540 e. The number of hydrogen-bond donors (Lipinski definition) is 0. The van der Waals surface area contributed by atoms with Crippen molar-refractivity contribution in [3.05, 3.63) is 188 Å². The van der Waals surface area contributed by atoms with Gasteiger partial charge >= 0.3 is 0 Å². The third-order valence-corrected chi connectivity index (χ3v) is 10.5. The topological polar surface area (TPSA) is 3.24 Å². The lowest BCUT2D eigenvalue weighted by Crippen LogP contribution is -2.11. The zero-order chi connectivity index (χ0) is 31.9. The zero-order valence-electron chi connectivity index (χ0n) is 26.3. The largest absolute Gasteiger partial charge is 0.310 e. The molecule has 0 saturated carbocycles. The van der Waals surface area contributed by atoms with Gasteiger partial charge in [-0.3, -0.25) is 0 Å². The summed E-state index contributed by atoms with van der Waals surface area (Å²) in [6.45, 7) is 0. The average Bonchev–Trinajstić information content (AvgIpc) is 3.56. The van der Waals surface area contributed by atoms with Crippen molar-refractivity contribution < 1.29 is 0 Å². The quantitative estimate of drug-likeness (QED) is 0.177. The predicted molar refractivity (Wildman–Crippen MR) is 208 cm³/mol. The molecule has 0 N–H and O–H groups in total. The fraction of sp³-hybridized carbons (Fsp3) is 0. The van der Waals surface area contributed by atoms with Crippen LogP contribution in [0.15, 0.2) is 188 Å². The van der Waals surface area contributed by atoms with Crippen LogP contribution < -0.4 is 4.90 Å². The molecule has 226 valence electrons. The molecular formula is C46H31NS. The number of anilines is 3. The summed E-state index contributed by atoms with van der Waals surface area (Å²) in [5.74, 6) is 0. The molecule has 0 atom stereocenters. The van der Waals surface area contributed by atoms with Crippen molar-refractivity contribution in [2.24, 2.45) is 0 Å². The van der Waals surface area contributed by atoms with Crippen molar-refractivity contribution >= 4 is 59.3 Å². The van der Waals surface area contributed by atoms with E-state index in [1.54, 1.807) is 0 Å². The molecule has 0 aliphatic heterocycles. The highest BCUT2D eigenvalue weighted by atomic mass is 32.1. The first-order valence-corrected chi connectivity index (χ1v) is 17.2. The molecule has 1 nitrogen and oxygen atoms in total. The van der Waals surface area contributed by atoms with Gasteiger partial charge in [-0.15, -0.1) is 11.3 Å². The van der Waals surface area contributed by atoms with Gasteiger partial charge in [-0.2, -0.15) is 0 Å². The molecular weight excluding hydrogens is 599 g/mol. The van der Waals surface area contributed by atoms with Crippen LogP contribution in [0, 0.1) is 0 Å². The molecule has 2 heteroatoms. The van der Waals surface area contributed by atoms with E-state index in [0.29, 0.717) is 0 Å². The van der Waals surface area contributed by atoms with Crippen LogP contribution >= 0.6 is 11.3 Å². The summed E-state index contributed by atoms with van der Waals surface area (Å²) in [7, 11) is 0. The van der Waals surface area contributed by atoms with E-state index in [-0.39, 0.29) is 0 Å². The van der Waals surface area contributed by atoms with Crippen LogP contribution in [0.4, 0.5) is 17.1 Å². The Morgan fingerprint density at radius 1 is 0.354 bits per heavy atom. The molecule has 1 heterocycles. The fourth-order valence-corrected chi connectivity index (χ4v) is 8.12. The third-order valence-electron chi connectivity index (χ3n) is 9.28. The molecule has 8 aromatic carbocycles. The van der Waals surface area contributed by atoms with Gasteiger partial charge in [0.1, 0.15) is 0 Å². The van der Waals surface area contributed by atoms with Gasteiger partial charge in [0.2, 0.25) is 0 Å². The van der Waals surface area contributed by atoms with Crippen molar-refractivity contribution in [2.75, 3.05) is 4.90 Å².